The molecule has 1 amide bonds. The highest BCUT2D eigenvalue weighted by Gasteiger charge is 2.22. The van der Waals surface area contributed by atoms with E-state index < -0.39 is 21.9 Å². The zero-order chi connectivity index (χ0) is 12.3. The number of esters is 1. The highest BCUT2D eigenvalue weighted by molar-refractivity contribution is 7.93. The fraction of sp³-hybridized carbons (Fsp3) is 0.333. The summed E-state index contributed by atoms with van der Waals surface area (Å²) in [5, 5.41) is 6.26. The number of nitrogens with two attached hydrogens (primary N) is 1. The number of primary amides is 1. The molecule has 0 aliphatic heterocycles. The number of carbonyl (C=O) groups excluding carboxylic acids is 2. The maximum atomic E-state index is 11.3. The average Bonchev–Trinajstić information content (AvgIpc) is 2.66. The molecule has 0 atom stereocenters. The van der Waals surface area contributed by atoms with Gasteiger partial charge in [0.25, 0.3) is 0 Å². The van der Waals surface area contributed by atoms with Gasteiger partial charge < -0.3 is 10.5 Å². The van der Waals surface area contributed by atoms with Crippen LogP contribution in [-0.2, 0) is 14.6 Å². The van der Waals surface area contributed by atoms with Crippen LogP contribution < -0.4 is 5.73 Å². The molecule has 88 valence electrons. The molecule has 10 heteroatoms. The number of hydrogen-bond donors (Lipinski definition) is 1. The molecular formula is C6H7N3O5S2. The topological polar surface area (TPSA) is 129 Å². The molecule has 0 spiro atoms. The van der Waals surface area contributed by atoms with E-state index in [0.29, 0.717) is 11.3 Å². The predicted octanol–water partition coefficient (Wildman–Crippen LogP) is -0.433. The molecule has 0 bridgehead atoms. The fourth-order valence-electron chi connectivity index (χ4n) is 0.676. The van der Waals surface area contributed by atoms with E-state index in [9.17, 15) is 18.0 Å². The van der Waals surface area contributed by atoms with E-state index >= 15 is 0 Å². The van der Waals surface area contributed by atoms with Crippen molar-refractivity contribution in [3.8, 4) is 0 Å². The summed E-state index contributed by atoms with van der Waals surface area (Å²) in [6.07, 6.45) is -1.29. The molecule has 0 fully saturated rings. The maximum absolute atomic E-state index is 11.3. The highest BCUT2D eigenvalue weighted by atomic mass is 32.2. The van der Waals surface area contributed by atoms with Gasteiger partial charge in [0.1, 0.15) is 0 Å². The molecule has 0 aromatic carbocycles. The summed E-state index contributed by atoms with van der Waals surface area (Å²) in [5.41, 5.74) is 4.61. The Morgan fingerprint density at radius 1 is 1.44 bits per heavy atom. The molecule has 0 aliphatic rings. The molecule has 1 aromatic heterocycles. The lowest BCUT2D eigenvalue weighted by Crippen LogP contribution is -2.18. The Morgan fingerprint density at radius 2 is 2.06 bits per heavy atom. The van der Waals surface area contributed by atoms with Gasteiger partial charge in [0.05, 0.1) is 5.75 Å². The summed E-state index contributed by atoms with van der Waals surface area (Å²) in [4.78, 5) is 21.3. The quantitative estimate of drug-likeness (QED) is 0.579. The monoisotopic (exact) mass is 265 g/mol. The van der Waals surface area contributed by atoms with Gasteiger partial charge in [-0.3, -0.25) is 0 Å². The van der Waals surface area contributed by atoms with Gasteiger partial charge in [-0.15, -0.1) is 10.2 Å². The van der Waals surface area contributed by atoms with E-state index in [0.717, 1.165) is 0 Å². The first-order chi connectivity index (χ1) is 7.36. The van der Waals surface area contributed by atoms with E-state index in [4.69, 9.17) is 0 Å². The third-order valence-corrected chi connectivity index (χ3v) is 4.50. The standard InChI is InChI=1S/C6H7N3O5S2/c1-2-16(12,13)6-9-8-3(15-6)4(10)14-5(7)11/h2H2,1H3,(H2,7,11). The number of hydrogen-bond acceptors (Lipinski definition) is 8. The Morgan fingerprint density at radius 3 is 2.56 bits per heavy atom. The van der Waals surface area contributed by atoms with Crippen LogP contribution in [0.15, 0.2) is 4.34 Å². The Balaban J connectivity index is 2.96. The van der Waals surface area contributed by atoms with E-state index in [1.54, 1.807) is 0 Å². The molecule has 1 heterocycles. The van der Waals surface area contributed by atoms with Gasteiger partial charge >= 0.3 is 12.1 Å². The van der Waals surface area contributed by atoms with Crippen molar-refractivity contribution in [2.24, 2.45) is 5.73 Å². The zero-order valence-corrected chi connectivity index (χ0v) is 9.67. The van der Waals surface area contributed by atoms with E-state index in [1.165, 1.54) is 6.92 Å². The summed E-state index contributed by atoms with van der Waals surface area (Å²) >= 11 is 0.522. The summed E-state index contributed by atoms with van der Waals surface area (Å²) < 4.78 is 26.4. The molecule has 8 nitrogen and oxygen atoms in total. The van der Waals surface area contributed by atoms with Crippen LogP contribution in [0.5, 0.6) is 0 Å². The summed E-state index contributed by atoms with van der Waals surface area (Å²) in [7, 11) is -3.52. The van der Waals surface area contributed by atoms with Gasteiger partial charge in [-0.1, -0.05) is 18.3 Å². The first-order valence-electron chi connectivity index (χ1n) is 3.94. The largest absolute Gasteiger partial charge is 0.412 e. The van der Waals surface area contributed by atoms with Crippen molar-refractivity contribution in [2.45, 2.75) is 11.3 Å². The Labute approximate surface area is 94.3 Å². The second-order valence-corrected chi connectivity index (χ2v) is 5.91. The van der Waals surface area contributed by atoms with Crippen molar-refractivity contribution >= 4 is 33.2 Å². The smallest absolute Gasteiger partial charge is 0.371 e. The molecule has 0 radical (unpaired) electrons. The van der Waals surface area contributed by atoms with E-state index in [-0.39, 0.29) is 15.1 Å². The van der Waals surface area contributed by atoms with Crippen molar-refractivity contribution in [1.82, 2.24) is 10.2 Å². The van der Waals surface area contributed by atoms with E-state index in [2.05, 4.69) is 20.7 Å². The Bertz CT molecular complexity index is 520. The minimum Gasteiger partial charge on any atom is -0.371 e. The average molecular weight is 265 g/mol. The van der Waals surface area contributed by atoms with Crippen LogP contribution in [0.2, 0.25) is 0 Å². The molecule has 2 N–H and O–H groups in total. The number of ether oxygens (including phenoxy) is 1. The highest BCUT2D eigenvalue weighted by Crippen LogP contribution is 2.17. The van der Waals surface area contributed by atoms with Crippen LogP contribution in [0.1, 0.15) is 16.7 Å². The van der Waals surface area contributed by atoms with Gasteiger partial charge in [-0.2, -0.15) is 0 Å². The van der Waals surface area contributed by atoms with Gasteiger partial charge in [0, 0.05) is 0 Å². The first kappa shape index (κ1) is 12.5. The van der Waals surface area contributed by atoms with Crippen molar-refractivity contribution in [3.63, 3.8) is 0 Å². The number of carbonyl (C=O) groups is 2. The van der Waals surface area contributed by atoms with Crippen molar-refractivity contribution in [3.05, 3.63) is 5.01 Å². The lowest BCUT2D eigenvalue weighted by Gasteiger charge is -1.93. The number of rotatable bonds is 3. The third kappa shape index (κ3) is 2.73. The fourth-order valence-corrected chi connectivity index (χ4v) is 2.64. The third-order valence-electron chi connectivity index (χ3n) is 1.42. The van der Waals surface area contributed by atoms with Crippen molar-refractivity contribution < 1.29 is 22.7 Å². The van der Waals surface area contributed by atoms with E-state index in [1.807, 2.05) is 0 Å². The van der Waals surface area contributed by atoms with Crippen molar-refractivity contribution in [2.75, 3.05) is 5.75 Å². The van der Waals surface area contributed by atoms with Crippen LogP contribution in [0, 0.1) is 0 Å². The predicted molar refractivity (Wildman–Crippen MR) is 52.6 cm³/mol. The van der Waals surface area contributed by atoms with Crippen molar-refractivity contribution in [1.29, 1.82) is 0 Å². The number of nitrogens with zero attached hydrogens (tertiary/aromatic N) is 2. The van der Waals surface area contributed by atoms with Crippen LogP contribution in [0.4, 0.5) is 4.79 Å². The molecule has 1 aromatic rings. The maximum Gasteiger partial charge on any atom is 0.412 e. The number of amides is 1. The zero-order valence-electron chi connectivity index (χ0n) is 8.04. The minimum absolute atomic E-state index is 0.160. The van der Waals surface area contributed by atoms with Crippen LogP contribution in [-0.4, -0.2) is 36.4 Å². The Hall–Kier alpha value is -1.55. The number of sulfone groups is 1. The van der Waals surface area contributed by atoms with Crippen LogP contribution >= 0.6 is 11.3 Å². The molecular weight excluding hydrogens is 258 g/mol. The Kier molecular flexibility index (Phi) is 3.55. The van der Waals surface area contributed by atoms with Crippen LogP contribution in [0.25, 0.3) is 0 Å². The second kappa shape index (κ2) is 4.53. The molecule has 0 saturated heterocycles. The lowest BCUT2D eigenvalue weighted by molar-refractivity contribution is 0.0637. The number of aromatic nitrogens is 2. The lowest BCUT2D eigenvalue weighted by atomic mass is 10.7. The van der Waals surface area contributed by atoms with Gasteiger partial charge in [0.2, 0.25) is 19.2 Å². The summed E-state index contributed by atoms with van der Waals surface area (Å²) in [6, 6.07) is 0. The molecule has 0 saturated carbocycles. The SMILES string of the molecule is CCS(=O)(=O)c1nnc(C(=O)OC(N)=O)s1. The molecule has 0 unspecified atom stereocenters. The van der Waals surface area contributed by atoms with Gasteiger partial charge in [-0.25, -0.2) is 18.0 Å². The molecule has 16 heavy (non-hydrogen) atoms. The summed E-state index contributed by atoms with van der Waals surface area (Å²) in [6.45, 7) is 1.43. The second-order valence-electron chi connectivity index (χ2n) is 2.49. The van der Waals surface area contributed by atoms with Crippen LogP contribution in [0.3, 0.4) is 0 Å². The molecule has 1 rings (SSSR count). The molecule has 0 aliphatic carbocycles. The normalized spacial score (nSPS) is 11.1. The minimum atomic E-state index is -3.52. The summed E-state index contributed by atoms with van der Waals surface area (Å²) in [5.74, 6) is -1.28. The van der Waals surface area contributed by atoms with Gasteiger partial charge in [0.15, 0.2) is 0 Å². The first-order valence-corrected chi connectivity index (χ1v) is 6.41. The van der Waals surface area contributed by atoms with Gasteiger partial charge in [-0.05, 0) is 0 Å².